The van der Waals surface area contributed by atoms with Crippen molar-refractivity contribution in [3.8, 4) is 0 Å². The number of halogens is 3. The Hall–Kier alpha value is -2.53. The van der Waals surface area contributed by atoms with Gasteiger partial charge in [0.15, 0.2) is 6.10 Å². The van der Waals surface area contributed by atoms with Crippen LogP contribution in [0.25, 0.3) is 0 Å². The third-order valence-electron chi connectivity index (χ3n) is 5.59. The van der Waals surface area contributed by atoms with Crippen LogP contribution in [0.3, 0.4) is 0 Å². The van der Waals surface area contributed by atoms with Crippen LogP contribution in [0.15, 0.2) is 18.2 Å². The Morgan fingerprint density at radius 2 is 1.75 bits per heavy atom. The van der Waals surface area contributed by atoms with E-state index < -0.39 is 24.3 Å². The van der Waals surface area contributed by atoms with E-state index in [1.54, 1.807) is 0 Å². The Kier molecular flexibility index (Phi) is 7.83. The number of carbonyl (C=O) groups excluding carboxylic acids is 2. The SMILES string of the molecule is COC(=O)c1cc(CN2CCN(C(=O)OC(C)C(F)(F)F)CC2)ccc1N1CCOCC1. The normalized spacial score (nSPS) is 18.9. The summed E-state index contributed by atoms with van der Waals surface area (Å²) in [6.07, 6.45) is -7.69. The second-order valence-electron chi connectivity index (χ2n) is 7.77. The Labute approximate surface area is 184 Å². The van der Waals surface area contributed by atoms with Crippen LogP contribution < -0.4 is 4.90 Å². The van der Waals surface area contributed by atoms with Crippen LogP contribution in [-0.2, 0) is 20.8 Å². The van der Waals surface area contributed by atoms with E-state index >= 15 is 0 Å². The highest BCUT2D eigenvalue weighted by molar-refractivity contribution is 5.96. The second kappa shape index (κ2) is 10.4. The number of piperazine rings is 1. The van der Waals surface area contributed by atoms with Crippen molar-refractivity contribution in [2.24, 2.45) is 0 Å². The summed E-state index contributed by atoms with van der Waals surface area (Å²) in [5.74, 6) is -0.417. The van der Waals surface area contributed by atoms with Gasteiger partial charge in [-0.15, -0.1) is 0 Å². The van der Waals surface area contributed by atoms with E-state index in [4.69, 9.17) is 9.47 Å². The van der Waals surface area contributed by atoms with Crippen molar-refractivity contribution in [2.45, 2.75) is 25.7 Å². The standard InChI is InChI=1S/C21H28F3N3O5/c1-15(21(22,23)24)32-20(29)27-7-5-25(6-8-27)14-16-3-4-18(17(13-16)19(28)30-2)26-9-11-31-12-10-26/h3-4,13,15H,5-12,14H2,1-2H3. The van der Waals surface area contributed by atoms with Gasteiger partial charge in [0.1, 0.15) is 0 Å². The highest BCUT2D eigenvalue weighted by Crippen LogP contribution is 2.26. The molecule has 0 saturated carbocycles. The van der Waals surface area contributed by atoms with Gasteiger partial charge in [0.25, 0.3) is 0 Å². The Morgan fingerprint density at radius 3 is 2.34 bits per heavy atom. The maximum atomic E-state index is 12.6. The first-order valence-electron chi connectivity index (χ1n) is 10.5. The predicted octanol–water partition coefficient (Wildman–Crippen LogP) is 2.51. The summed E-state index contributed by atoms with van der Waals surface area (Å²) < 4.78 is 52.6. The molecular weight excluding hydrogens is 431 g/mol. The first-order valence-corrected chi connectivity index (χ1v) is 10.5. The van der Waals surface area contributed by atoms with Crippen LogP contribution in [0.1, 0.15) is 22.8 Å². The number of alkyl halides is 3. The van der Waals surface area contributed by atoms with Crippen LogP contribution in [0.4, 0.5) is 23.7 Å². The van der Waals surface area contributed by atoms with Gasteiger partial charge >= 0.3 is 18.2 Å². The molecule has 1 aromatic rings. The zero-order chi connectivity index (χ0) is 23.3. The number of nitrogens with zero attached hydrogens (tertiary/aromatic N) is 3. The first kappa shape index (κ1) is 24.1. The monoisotopic (exact) mass is 459 g/mol. The largest absolute Gasteiger partial charge is 0.465 e. The second-order valence-corrected chi connectivity index (χ2v) is 7.77. The molecule has 11 heteroatoms. The molecule has 2 aliphatic rings. The number of rotatable bonds is 5. The van der Waals surface area contributed by atoms with E-state index in [9.17, 15) is 22.8 Å². The van der Waals surface area contributed by atoms with Gasteiger partial charge in [-0.25, -0.2) is 9.59 Å². The summed E-state index contributed by atoms with van der Waals surface area (Å²) >= 11 is 0. The number of hydrogen-bond donors (Lipinski definition) is 0. The Morgan fingerprint density at radius 1 is 1.09 bits per heavy atom. The van der Waals surface area contributed by atoms with E-state index in [0.717, 1.165) is 18.2 Å². The van der Waals surface area contributed by atoms with Crippen molar-refractivity contribution in [3.63, 3.8) is 0 Å². The van der Waals surface area contributed by atoms with Gasteiger partial charge in [-0.05, 0) is 24.6 Å². The van der Waals surface area contributed by atoms with Crippen molar-refractivity contribution in [3.05, 3.63) is 29.3 Å². The molecule has 0 radical (unpaired) electrons. The molecule has 1 amide bonds. The molecule has 2 heterocycles. The molecular formula is C21H28F3N3O5. The molecule has 0 spiro atoms. The molecule has 32 heavy (non-hydrogen) atoms. The topological polar surface area (TPSA) is 71.5 Å². The fourth-order valence-corrected chi connectivity index (χ4v) is 3.67. The first-order chi connectivity index (χ1) is 15.2. The summed E-state index contributed by atoms with van der Waals surface area (Å²) in [6.45, 7) is 5.40. The number of anilines is 1. The number of ether oxygens (including phenoxy) is 3. The lowest BCUT2D eigenvalue weighted by molar-refractivity contribution is -0.200. The van der Waals surface area contributed by atoms with Crippen molar-refractivity contribution in [2.75, 3.05) is 64.5 Å². The summed E-state index contributed by atoms with van der Waals surface area (Å²) in [5, 5.41) is 0. The van der Waals surface area contributed by atoms with E-state index in [1.807, 2.05) is 18.2 Å². The summed E-state index contributed by atoms with van der Waals surface area (Å²) in [6, 6.07) is 5.66. The fraction of sp³-hybridized carbons (Fsp3) is 0.619. The minimum Gasteiger partial charge on any atom is -0.465 e. The smallest absolute Gasteiger partial charge is 0.425 e. The molecule has 2 fully saturated rings. The minimum absolute atomic E-state index is 0.263. The maximum Gasteiger partial charge on any atom is 0.425 e. The molecule has 0 N–H and O–H groups in total. The highest BCUT2D eigenvalue weighted by atomic mass is 19.4. The van der Waals surface area contributed by atoms with Crippen LogP contribution in [0.5, 0.6) is 0 Å². The average molecular weight is 459 g/mol. The van der Waals surface area contributed by atoms with Gasteiger partial charge in [-0.2, -0.15) is 13.2 Å². The van der Waals surface area contributed by atoms with Crippen molar-refractivity contribution in [1.82, 2.24) is 9.80 Å². The molecule has 1 unspecified atom stereocenters. The van der Waals surface area contributed by atoms with Crippen LogP contribution in [0.2, 0.25) is 0 Å². The molecule has 3 rings (SSSR count). The molecule has 0 aliphatic carbocycles. The Bertz CT molecular complexity index is 806. The molecule has 2 aliphatic heterocycles. The summed E-state index contributed by atoms with van der Waals surface area (Å²) in [7, 11) is 1.34. The average Bonchev–Trinajstić information content (AvgIpc) is 2.79. The van der Waals surface area contributed by atoms with E-state index in [0.29, 0.717) is 51.5 Å². The van der Waals surface area contributed by atoms with Crippen LogP contribution >= 0.6 is 0 Å². The zero-order valence-corrected chi connectivity index (χ0v) is 18.2. The zero-order valence-electron chi connectivity index (χ0n) is 18.2. The minimum atomic E-state index is -4.58. The summed E-state index contributed by atoms with van der Waals surface area (Å²) in [4.78, 5) is 29.8. The Balaban J connectivity index is 1.59. The lowest BCUT2D eigenvalue weighted by atomic mass is 10.1. The highest BCUT2D eigenvalue weighted by Gasteiger charge is 2.40. The predicted molar refractivity (Wildman–Crippen MR) is 110 cm³/mol. The van der Waals surface area contributed by atoms with Crippen LogP contribution in [-0.4, -0.2) is 93.7 Å². The number of hydrogen-bond acceptors (Lipinski definition) is 7. The van der Waals surface area contributed by atoms with Crippen LogP contribution in [0, 0.1) is 0 Å². The molecule has 1 atom stereocenters. The molecule has 2 saturated heterocycles. The molecule has 8 nitrogen and oxygen atoms in total. The number of amides is 1. The van der Waals surface area contributed by atoms with Gasteiger partial charge in [0.05, 0.1) is 31.6 Å². The third kappa shape index (κ3) is 6.04. The molecule has 0 bridgehead atoms. The number of benzene rings is 1. The van der Waals surface area contributed by atoms with Gasteiger partial charge < -0.3 is 24.0 Å². The van der Waals surface area contributed by atoms with Gasteiger partial charge in [0, 0.05) is 45.8 Å². The van der Waals surface area contributed by atoms with Gasteiger partial charge in [-0.1, -0.05) is 6.07 Å². The van der Waals surface area contributed by atoms with Gasteiger partial charge in [0.2, 0.25) is 0 Å². The number of carbonyl (C=O) groups is 2. The van der Waals surface area contributed by atoms with Crippen molar-refractivity contribution >= 4 is 17.7 Å². The molecule has 178 valence electrons. The molecule has 0 aromatic heterocycles. The molecule has 1 aromatic carbocycles. The van der Waals surface area contributed by atoms with Crippen molar-refractivity contribution in [1.29, 1.82) is 0 Å². The number of morpholine rings is 1. The lowest BCUT2D eigenvalue weighted by Gasteiger charge is -2.35. The van der Waals surface area contributed by atoms with Gasteiger partial charge in [-0.3, -0.25) is 4.90 Å². The fourth-order valence-electron chi connectivity index (χ4n) is 3.67. The van der Waals surface area contributed by atoms with E-state index in [-0.39, 0.29) is 13.1 Å². The number of methoxy groups -OCH3 is 1. The van der Waals surface area contributed by atoms with Crippen molar-refractivity contribution < 1.29 is 37.0 Å². The quantitative estimate of drug-likeness (QED) is 0.627. The third-order valence-corrected chi connectivity index (χ3v) is 5.59. The number of esters is 1. The lowest BCUT2D eigenvalue weighted by Crippen LogP contribution is -2.49. The maximum absolute atomic E-state index is 12.6. The van der Waals surface area contributed by atoms with E-state index in [2.05, 4.69) is 14.5 Å². The summed E-state index contributed by atoms with van der Waals surface area (Å²) in [5.41, 5.74) is 2.19. The van der Waals surface area contributed by atoms with E-state index in [1.165, 1.54) is 12.0 Å².